The molecule has 1 fully saturated rings. The summed E-state index contributed by atoms with van der Waals surface area (Å²) in [6.07, 6.45) is 3.57. The summed E-state index contributed by atoms with van der Waals surface area (Å²) in [5.41, 5.74) is 2.05. The van der Waals surface area contributed by atoms with Crippen LogP contribution >= 0.6 is 0 Å². The molecule has 0 saturated carbocycles. The number of nitrogens with zero attached hydrogens (tertiary/aromatic N) is 2. The van der Waals surface area contributed by atoms with E-state index in [0.717, 1.165) is 49.1 Å². The van der Waals surface area contributed by atoms with Gasteiger partial charge in [-0.15, -0.1) is 0 Å². The number of likely N-dealkylation sites (N-methyl/N-ethyl adjacent to an activating group) is 1. The first kappa shape index (κ1) is 26.7. The predicted octanol–water partition coefficient (Wildman–Crippen LogP) is 2.17. The fourth-order valence-electron chi connectivity index (χ4n) is 5.06. The molecule has 8 nitrogen and oxygen atoms in total. The van der Waals surface area contributed by atoms with E-state index in [1.54, 1.807) is 14.0 Å². The maximum Gasteiger partial charge on any atom is 0.243 e. The lowest BCUT2D eigenvalue weighted by molar-refractivity contribution is -0.142. The van der Waals surface area contributed by atoms with Crippen LogP contribution in [0.2, 0.25) is 0 Å². The minimum Gasteiger partial charge on any atom is -0.492 e. The van der Waals surface area contributed by atoms with E-state index >= 15 is 0 Å². The molecule has 2 aromatic rings. The normalized spacial score (nSPS) is 24.6. The van der Waals surface area contributed by atoms with E-state index in [9.17, 15) is 14.4 Å². The lowest BCUT2D eigenvalue weighted by Crippen LogP contribution is -2.56. The van der Waals surface area contributed by atoms with Crippen LogP contribution < -0.4 is 15.4 Å². The van der Waals surface area contributed by atoms with E-state index in [1.165, 1.54) is 4.90 Å². The molecule has 0 bridgehead atoms. The summed E-state index contributed by atoms with van der Waals surface area (Å²) in [6, 6.07) is 15.9. The van der Waals surface area contributed by atoms with Crippen LogP contribution in [0.15, 0.2) is 54.6 Å². The van der Waals surface area contributed by atoms with Crippen molar-refractivity contribution in [1.82, 2.24) is 20.4 Å². The highest BCUT2D eigenvalue weighted by Crippen LogP contribution is 2.22. The SMILES string of the molecule is CC1C(=O)N[C@H](Cc2ccccc2)C(=O)NCCCc2ccccc2OCCN2CCCC2C(=O)N1C. The number of rotatable bonds is 2. The van der Waals surface area contributed by atoms with Gasteiger partial charge in [0.25, 0.3) is 0 Å². The van der Waals surface area contributed by atoms with Gasteiger partial charge in [0, 0.05) is 26.6 Å². The van der Waals surface area contributed by atoms with Crippen molar-refractivity contribution in [2.24, 2.45) is 0 Å². The average Bonchev–Trinajstić information content (AvgIpc) is 3.38. The van der Waals surface area contributed by atoms with Crippen molar-refractivity contribution in [1.29, 1.82) is 0 Å². The molecule has 3 atom stereocenters. The molecule has 2 unspecified atom stereocenters. The number of para-hydroxylation sites is 1. The molecule has 37 heavy (non-hydrogen) atoms. The third kappa shape index (κ3) is 6.89. The van der Waals surface area contributed by atoms with Gasteiger partial charge < -0.3 is 20.3 Å². The molecule has 2 aliphatic heterocycles. The van der Waals surface area contributed by atoms with Crippen LogP contribution in [0.25, 0.3) is 0 Å². The van der Waals surface area contributed by atoms with Crippen molar-refractivity contribution < 1.29 is 19.1 Å². The summed E-state index contributed by atoms with van der Waals surface area (Å²) in [7, 11) is 1.67. The molecule has 0 radical (unpaired) electrons. The van der Waals surface area contributed by atoms with Crippen molar-refractivity contribution >= 4 is 17.7 Å². The van der Waals surface area contributed by atoms with E-state index in [-0.39, 0.29) is 23.8 Å². The number of hydrogen-bond acceptors (Lipinski definition) is 5. The first-order valence-electron chi connectivity index (χ1n) is 13.3. The number of amides is 3. The first-order valence-corrected chi connectivity index (χ1v) is 13.3. The van der Waals surface area contributed by atoms with Crippen LogP contribution in [-0.2, 0) is 27.2 Å². The lowest BCUT2D eigenvalue weighted by atomic mass is 10.0. The standard InChI is InChI=1S/C29H38N4O4/c1-21-27(34)31-24(20-22-10-4-3-5-11-22)28(35)30-16-8-13-23-12-6-7-15-26(23)37-19-18-33-17-9-14-25(33)29(36)32(21)2/h3-7,10-12,15,21,24-25H,8-9,13-14,16-20H2,1-2H3,(H,30,35)(H,31,34)/t21?,24-,25?/m1/s1. The molecule has 0 aromatic heterocycles. The fraction of sp³-hybridized carbons (Fsp3) is 0.483. The maximum absolute atomic E-state index is 13.4. The summed E-state index contributed by atoms with van der Waals surface area (Å²) >= 11 is 0. The number of nitrogens with one attached hydrogen (secondary N) is 2. The minimum atomic E-state index is -0.738. The monoisotopic (exact) mass is 506 g/mol. The number of carbonyl (C=O) groups excluding carboxylic acids is 3. The second kappa shape index (κ2) is 12.7. The van der Waals surface area contributed by atoms with E-state index in [4.69, 9.17) is 4.74 Å². The molecule has 2 aliphatic rings. The zero-order chi connectivity index (χ0) is 26.2. The fourth-order valence-corrected chi connectivity index (χ4v) is 5.06. The van der Waals surface area contributed by atoms with E-state index in [1.807, 2.05) is 54.6 Å². The molecule has 1 saturated heterocycles. The van der Waals surface area contributed by atoms with Crippen molar-refractivity contribution in [2.45, 2.75) is 57.2 Å². The molecule has 3 amide bonds. The Morgan fingerprint density at radius 1 is 0.946 bits per heavy atom. The molecule has 8 heteroatoms. The summed E-state index contributed by atoms with van der Waals surface area (Å²) in [5.74, 6) is 0.198. The molecule has 198 valence electrons. The Bertz CT molecular complexity index is 1080. The smallest absolute Gasteiger partial charge is 0.243 e. The van der Waals surface area contributed by atoms with Crippen LogP contribution in [0.3, 0.4) is 0 Å². The Kier molecular flexibility index (Phi) is 9.17. The summed E-state index contributed by atoms with van der Waals surface area (Å²) in [6.45, 7) is 4.15. The molecule has 2 N–H and O–H groups in total. The third-order valence-corrected chi connectivity index (χ3v) is 7.40. The number of aryl methyl sites for hydroxylation is 1. The zero-order valence-corrected chi connectivity index (χ0v) is 21.8. The molecular formula is C29H38N4O4. The number of carbonyl (C=O) groups is 3. The lowest BCUT2D eigenvalue weighted by Gasteiger charge is -2.31. The van der Waals surface area contributed by atoms with Gasteiger partial charge in [-0.05, 0) is 56.3 Å². The highest BCUT2D eigenvalue weighted by molar-refractivity contribution is 5.93. The summed E-state index contributed by atoms with van der Waals surface area (Å²) < 4.78 is 6.13. The van der Waals surface area contributed by atoms with Gasteiger partial charge in [0.15, 0.2) is 0 Å². The molecule has 2 heterocycles. The summed E-state index contributed by atoms with van der Waals surface area (Å²) in [5, 5.41) is 5.91. The molecule has 0 aliphatic carbocycles. The summed E-state index contributed by atoms with van der Waals surface area (Å²) in [4.78, 5) is 43.4. The van der Waals surface area contributed by atoms with E-state index in [2.05, 4.69) is 15.5 Å². The molecule has 0 spiro atoms. The zero-order valence-electron chi connectivity index (χ0n) is 21.8. The number of fused-ring (bicyclic) bond motifs is 2. The average molecular weight is 507 g/mol. The van der Waals surface area contributed by atoms with E-state index in [0.29, 0.717) is 26.1 Å². The predicted molar refractivity (Wildman–Crippen MR) is 142 cm³/mol. The van der Waals surface area contributed by atoms with Crippen LogP contribution in [0.1, 0.15) is 37.3 Å². The van der Waals surface area contributed by atoms with Gasteiger partial charge >= 0.3 is 0 Å². The van der Waals surface area contributed by atoms with Crippen LogP contribution in [0.5, 0.6) is 5.75 Å². The van der Waals surface area contributed by atoms with Crippen molar-refractivity contribution in [2.75, 3.05) is 33.3 Å². The van der Waals surface area contributed by atoms with Crippen molar-refractivity contribution in [3.05, 3.63) is 65.7 Å². The van der Waals surface area contributed by atoms with Gasteiger partial charge in [0.05, 0.1) is 6.04 Å². The molecule has 4 rings (SSSR count). The maximum atomic E-state index is 13.4. The quantitative estimate of drug-likeness (QED) is 0.652. The molecule has 2 aromatic carbocycles. The third-order valence-electron chi connectivity index (χ3n) is 7.40. The minimum absolute atomic E-state index is 0.0780. The number of ether oxygens (including phenoxy) is 1. The van der Waals surface area contributed by atoms with Crippen LogP contribution in [-0.4, -0.2) is 78.9 Å². The van der Waals surface area contributed by atoms with Gasteiger partial charge in [-0.25, -0.2) is 0 Å². The van der Waals surface area contributed by atoms with Gasteiger partial charge in [-0.2, -0.15) is 0 Å². The Labute approximate surface area is 219 Å². The van der Waals surface area contributed by atoms with Crippen molar-refractivity contribution in [3.63, 3.8) is 0 Å². The topological polar surface area (TPSA) is 91.0 Å². The van der Waals surface area contributed by atoms with Crippen LogP contribution in [0.4, 0.5) is 0 Å². The van der Waals surface area contributed by atoms with Gasteiger partial charge in [-0.1, -0.05) is 48.5 Å². The van der Waals surface area contributed by atoms with Crippen LogP contribution in [0, 0.1) is 0 Å². The number of benzene rings is 2. The van der Waals surface area contributed by atoms with Gasteiger partial charge in [0.2, 0.25) is 17.7 Å². The number of hydrogen-bond donors (Lipinski definition) is 2. The molecular weight excluding hydrogens is 468 g/mol. The second-order valence-corrected chi connectivity index (χ2v) is 9.92. The Morgan fingerprint density at radius 2 is 1.70 bits per heavy atom. The first-order chi connectivity index (χ1) is 17.9. The Balaban J connectivity index is 1.55. The van der Waals surface area contributed by atoms with E-state index < -0.39 is 12.1 Å². The Hall–Kier alpha value is -3.39. The van der Waals surface area contributed by atoms with Gasteiger partial charge in [0.1, 0.15) is 24.4 Å². The van der Waals surface area contributed by atoms with Gasteiger partial charge in [-0.3, -0.25) is 19.3 Å². The highest BCUT2D eigenvalue weighted by Gasteiger charge is 2.36. The second-order valence-electron chi connectivity index (χ2n) is 9.92. The largest absolute Gasteiger partial charge is 0.492 e. The highest BCUT2D eigenvalue weighted by atomic mass is 16.5. The Morgan fingerprint density at radius 3 is 2.51 bits per heavy atom. The van der Waals surface area contributed by atoms with Crippen molar-refractivity contribution in [3.8, 4) is 5.75 Å².